The van der Waals surface area contributed by atoms with Gasteiger partial charge in [0.1, 0.15) is 5.57 Å². The summed E-state index contributed by atoms with van der Waals surface area (Å²) in [5.74, 6) is -1.33. The van der Waals surface area contributed by atoms with Crippen LogP contribution in [0.4, 0.5) is 10.5 Å². The summed E-state index contributed by atoms with van der Waals surface area (Å²) in [6.07, 6.45) is 2.45. The lowest BCUT2D eigenvalue weighted by molar-refractivity contribution is -0.122. The van der Waals surface area contributed by atoms with Crippen LogP contribution in [0.5, 0.6) is 0 Å². The maximum Gasteiger partial charge on any atom is 0.335 e. The fourth-order valence-electron chi connectivity index (χ4n) is 4.53. The molecule has 6 heteroatoms. The lowest BCUT2D eigenvalue weighted by atomic mass is 10.0. The van der Waals surface area contributed by atoms with Gasteiger partial charge in [-0.3, -0.25) is 14.9 Å². The van der Waals surface area contributed by atoms with E-state index < -0.39 is 17.8 Å². The number of aryl methyl sites for hydroxylation is 1. The van der Waals surface area contributed by atoms with E-state index in [1.807, 2.05) is 68.4 Å². The lowest BCUT2D eigenvalue weighted by Gasteiger charge is -2.26. The van der Waals surface area contributed by atoms with E-state index in [0.29, 0.717) is 12.2 Å². The molecule has 5 rings (SSSR count). The number of carbonyl (C=O) groups excluding carboxylic acids is 3. The number of imide groups is 2. The fourth-order valence-corrected chi connectivity index (χ4v) is 4.53. The number of aromatic nitrogens is 1. The minimum absolute atomic E-state index is 0.0742. The summed E-state index contributed by atoms with van der Waals surface area (Å²) in [7, 11) is 0. The zero-order valence-electron chi connectivity index (χ0n) is 19.6. The molecule has 4 aromatic rings. The number of para-hydroxylation sites is 1. The standard InChI is InChI=1S/C29H25N3O3/c1-3-20-13-15-22(16-14-20)32-28(34)25(27(33)30-29(32)35)17-24-19(2)31(18-21-9-5-4-6-10-21)26-12-8-7-11-23(24)26/h4-17H,3,18H2,1-2H3,(H,30,33,35)/b25-17-. The summed E-state index contributed by atoms with van der Waals surface area (Å²) in [4.78, 5) is 39.8. The molecule has 4 amide bonds. The Bertz CT molecular complexity index is 1480. The summed E-state index contributed by atoms with van der Waals surface area (Å²) < 4.78 is 2.18. The Morgan fingerprint density at radius 2 is 1.51 bits per heavy atom. The van der Waals surface area contributed by atoms with Crippen LogP contribution in [0.15, 0.2) is 84.4 Å². The number of nitrogens with zero attached hydrogens (tertiary/aromatic N) is 2. The Hall–Kier alpha value is -4.45. The Morgan fingerprint density at radius 1 is 0.829 bits per heavy atom. The van der Waals surface area contributed by atoms with Crippen LogP contribution in [-0.4, -0.2) is 22.4 Å². The first-order chi connectivity index (χ1) is 17.0. The number of barbiturate groups is 1. The molecule has 0 aliphatic carbocycles. The van der Waals surface area contributed by atoms with Crippen LogP contribution in [0.2, 0.25) is 0 Å². The Morgan fingerprint density at radius 3 is 2.23 bits per heavy atom. The van der Waals surface area contributed by atoms with Gasteiger partial charge in [-0.15, -0.1) is 0 Å². The number of carbonyl (C=O) groups is 3. The highest BCUT2D eigenvalue weighted by molar-refractivity contribution is 6.39. The van der Waals surface area contributed by atoms with Crippen molar-refractivity contribution in [3.05, 3.63) is 107 Å². The largest absolute Gasteiger partial charge is 0.340 e. The number of nitrogens with one attached hydrogen (secondary N) is 1. The predicted molar refractivity (Wildman–Crippen MR) is 137 cm³/mol. The first kappa shape index (κ1) is 22.3. The molecule has 0 saturated carbocycles. The summed E-state index contributed by atoms with van der Waals surface area (Å²) in [6, 6.07) is 24.5. The zero-order chi connectivity index (χ0) is 24.5. The van der Waals surface area contributed by atoms with E-state index in [1.54, 1.807) is 18.2 Å². The SMILES string of the molecule is CCc1ccc(N2C(=O)NC(=O)/C(=C/c3c(C)n(Cc4ccccc4)c4ccccc34)C2=O)cc1. The van der Waals surface area contributed by atoms with E-state index in [2.05, 4.69) is 22.0 Å². The van der Waals surface area contributed by atoms with Crippen LogP contribution in [0, 0.1) is 6.92 Å². The van der Waals surface area contributed by atoms with E-state index in [0.717, 1.165) is 44.6 Å². The van der Waals surface area contributed by atoms with E-state index in [4.69, 9.17) is 0 Å². The first-order valence-electron chi connectivity index (χ1n) is 11.6. The second-order valence-electron chi connectivity index (χ2n) is 8.57. The molecule has 35 heavy (non-hydrogen) atoms. The second-order valence-corrected chi connectivity index (χ2v) is 8.57. The molecule has 174 valence electrons. The smallest absolute Gasteiger partial charge is 0.335 e. The number of amides is 4. The third-order valence-corrected chi connectivity index (χ3v) is 6.46. The zero-order valence-corrected chi connectivity index (χ0v) is 19.6. The van der Waals surface area contributed by atoms with Gasteiger partial charge in [0.15, 0.2) is 0 Å². The van der Waals surface area contributed by atoms with Crippen LogP contribution >= 0.6 is 0 Å². The van der Waals surface area contributed by atoms with Gasteiger partial charge in [-0.2, -0.15) is 0 Å². The van der Waals surface area contributed by atoms with Gasteiger partial charge in [-0.25, -0.2) is 9.69 Å². The summed E-state index contributed by atoms with van der Waals surface area (Å²) >= 11 is 0. The number of hydrogen-bond acceptors (Lipinski definition) is 3. The normalized spacial score (nSPS) is 15.2. The van der Waals surface area contributed by atoms with Crippen molar-refractivity contribution in [3.63, 3.8) is 0 Å². The molecule has 3 aromatic carbocycles. The van der Waals surface area contributed by atoms with Crippen LogP contribution in [0.25, 0.3) is 17.0 Å². The summed E-state index contributed by atoms with van der Waals surface area (Å²) in [6.45, 7) is 4.67. The second kappa shape index (κ2) is 9.06. The molecule has 1 saturated heterocycles. The summed E-state index contributed by atoms with van der Waals surface area (Å²) in [5.41, 5.74) is 5.31. The van der Waals surface area contributed by atoms with Crippen LogP contribution < -0.4 is 10.2 Å². The van der Waals surface area contributed by atoms with Gasteiger partial charge < -0.3 is 4.57 Å². The van der Waals surface area contributed by atoms with Crippen molar-refractivity contribution in [1.29, 1.82) is 0 Å². The van der Waals surface area contributed by atoms with E-state index >= 15 is 0 Å². The number of benzene rings is 3. The molecular formula is C29H25N3O3. The fraction of sp³-hybridized carbons (Fsp3) is 0.138. The highest BCUT2D eigenvalue weighted by Gasteiger charge is 2.37. The average Bonchev–Trinajstić information content (AvgIpc) is 3.13. The molecule has 0 spiro atoms. The molecule has 1 aliphatic rings. The number of anilines is 1. The molecule has 1 aliphatic heterocycles. The van der Waals surface area contributed by atoms with E-state index in [1.165, 1.54) is 0 Å². The van der Waals surface area contributed by atoms with Crippen molar-refractivity contribution in [1.82, 2.24) is 9.88 Å². The van der Waals surface area contributed by atoms with Gasteiger partial charge in [0.25, 0.3) is 11.8 Å². The monoisotopic (exact) mass is 463 g/mol. The number of fused-ring (bicyclic) bond motifs is 1. The van der Waals surface area contributed by atoms with Gasteiger partial charge in [0, 0.05) is 28.7 Å². The Balaban J connectivity index is 1.59. The minimum Gasteiger partial charge on any atom is -0.340 e. The van der Waals surface area contributed by atoms with Gasteiger partial charge >= 0.3 is 6.03 Å². The van der Waals surface area contributed by atoms with Crippen molar-refractivity contribution >= 4 is 40.5 Å². The quantitative estimate of drug-likeness (QED) is 0.326. The molecule has 0 bridgehead atoms. The van der Waals surface area contributed by atoms with Gasteiger partial charge in [-0.1, -0.05) is 67.6 Å². The van der Waals surface area contributed by atoms with E-state index in [9.17, 15) is 14.4 Å². The molecule has 1 aromatic heterocycles. The van der Waals surface area contributed by atoms with Gasteiger partial charge in [-0.05, 0) is 48.7 Å². The third-order valence-electron chi connectivity index (χ3n) is 6.46. The molecular weight excluding hydrogens is 438 g/mol. The third kappa shape index (κ3) is 4.04. The number of rotatable bonds is 5. The molecule has 0 radical (unpaired) electrons. The van der Waals surface area contributed by atoms with E-state index in [-0.39, 0.29) is 5.57 Å². The average molecular weight is 464 g/mol. The van der Waals surface area contributed by atoms with Gasteiger partial charge in [0.2, 0.25) is 0 Å². The van der Waals surface area contributed by atoms with Crippen molar-refractivity contribution in [2.75, 3.05) is 4.90 Å². The molecule has 6 nitrogen and oxygen atoms in total. The predicted octanol–water partition coefficient (Wildman–Crippen LogP) is 5.23. The minimum atomic E-state index is -0.746. The maximum absolute atomic E-state index is 13.4. The van der Waals surface area contributed by atoms with Crippen molar-refractivity contribution in [3.8, 4) is 0 Å². The van der Waals surface area contributed by atoms with Crippen molar-refractivity contribution in [2.24, 2.45) is 0 Å². The highest BCUT2D eigenvalue weighted by Crippen LogP contribution is 2.30. The van der Waals surface area contributed by atoms with Crippen LogP contribution in [-0.2, 0) is 22.6 Å². The Kier molecular flexibility index (Phi) is 5.79. The van der Waals surface area contributed by atoms with Crippen molar-refractivity contribution < 1.29 is 14.4 Å². The molecule has 1 fully saturated rings. The molecule has 2 heterocycles. The lowest BCUT2D eigenvalue weighted by Crippen LogP contribution is -2.54. The maximum atomic E-state index is 13.4. The topological polar surface area (TPSA) is 71.4 Å². The Labute approximate surface area is 203 Å². The van der Waals surface area contributed by atoms with Gasteiger partial charge in [0.05, 0.1) is 5.69 Å². The van der Waals surface area contributed by atoms with Crippen LogP contribution in [0.1, 0.15) is 29.3 Å². The number of urea groups is 1. The molecule has 0 atom stereocenters. The summed E-state index contributed by atoms with van der Waals surface area (Å²) in [5, 5.41) is 3.26. The molecule has 0 unspecified atom stereocenters. The highest BCUT2D eigenvalue weighted by atomic mass is 16.2. The molecule has 1 N–H and O–H groups in total. The van der Waals surface area contributed by atoms with Crippen LogP contribution in [0.3, 0.4) is 0 Å². The van der Waals surface area contributed by atoms with Crippen molar-refractivity contribution in [2.45, 2.75) is 26.8 Å². The number of hydrogen-bond donors (Lipinski definition) is 1. The first-order valence-corrected chi connectivity index (χ1v) is 11.6.